The molecule has 2 aliphatic heterocycles. The van der Waals surface area contributed by atoms with Crippen molar-refractivity contribution in [2.24, 2.45) is 11.1 Å². The highest BCUT2D eigenvalue weighted by Gasteiger charge is 2.35. The summed E-state index contributed by atoms with van der Waals surface area (Å²) in [6.45, 7) is 6.84. The van der Waals surface area contributed by atoms with Crippen LogP contribution in [-0.2, 0) is 6.42 Å². The number of primary amides is 1. The summed E-state index contributed by atoms with van der Waals surface area (Å²) in [6.07, 6.45) is 0.884. The predicted molar refractivity (Wildman–Crippen MR) is 127 cm³/mol. The quantitative estimate of drug-likeness (QED) is 0.546. The van der Waals surface area contributed by atoms with Gasteiger partial charge in [0.1, 0.15) is 11.6 Å². The summed E-state index contributed by atoms with van der Waals surface area (Å²) >= 11 is 0. The standard InChI is InChI=1S/C25H27F2N5O2/c1-25(2)12-20-22(16-4-3-15(26)11-19(16)32(20)21(33)13-25)14-9-17(27)23(24(28)34)18(10-14)30-31-7-5-29-6-8-31/h3-4,9-11,29-30H,5-8,12-13H2,1-2H3,(H2,28,34). The fraction of sp³-hybridized carbons (Fsp3) is 0.360. The van der Waals surface area contributed by atoms with Gasteiger partial charge in [-0.2, -0.15) is 0 Å². The number of nitrogens with zero attached hydrogens (tertiary/aromatic N) is 2. The predicted octanol–water partition coefficient (Wildman–Crippen LogP) is 3.53. The summed E-state index contributed by atoms with van der Waals surface area (Å²) in [7, 11) is 0. The Morgan fingerprint density at radius 3 is 2.56 bits per heavy atom. The molecule has 34 heavy (non-hydrogen) atoms. The second kappa shape index (κ2) is 8.18. The first-order chi connectivity index (χ1) is 16.1. The molecule has 1 aromatic heterocycles. The molecule has 2 aromatic carbocycles. The Kier molecular flexibility index (Phi) is 5.41. The van der Waals surface area contributed by atoms with E-state index in [1.54, 1.807) is 16.7 Å². The molecule has 0 unspecified atom stereocenters. The van der Waals surface area contributed by atoms with Crippen LogP contribution in [0.25, 0.3) is 22.0 Å². The van der Waals surface area contributed by atoms with Crippen molar-refractivity contribution in [1.29, 1.82) is 0 Å². The smallest absolute Gasteiger partial charge is 0.253 e. The maximum atomic E-state index is 15.3. The van der Waals surface area contributed by atoms with Crippen LogP contribution in [-0.4, -0.2) is 47.6 Å². The van der Waals surface area contributed by atoms with E-state index in [0.717, 1.165) is 13.1 Å². The number of nitrogens with two attached hydrogens (primary N) is 1. The first kappa shape index (κ1) is 22.5. The SMILES string of the molecule is CC1(C)CC(=O)n2c(c(-c3cc(F)c(C(N)=O)c(NN4CCNCC4)c3)c3ccc(F)cc32)C1. The van der Waals surface area contributed by atoms with E-state index >= 15 is 4.39 Å². The molecule has 0 atom stereocenters. The Balaban J connectivity index is 1.74. The van der Waals surface area contributed by atoms with Crippen molar-refractivity contribution in [2.45, 2.75) is 26.7 Å². The minimum Gasteiger partial charge on any atom is -0.365 e. The van der Waals surface area contributed by atoms with Gasteiger partial charge >= 0.3 is 0 Å². The minimum absolute atomic E-state index is 0.124. The summed E-state index contributed by atoms with van der Waals surface area (Å²) in [5.74, 6) is -2.20. The Bertz CT molecular complexity index is 1320. The molecule has 9 heteroatoms. The largest absolute Gasteiger partial charge is 0.365 e. The number of amides is 1. The molecule has 0 aliphatic carbocycles. The van der Waals surface area contributed by atoms with Crippen molar-refractivity contribution >= 4 is 28.4 Å². The van der Waals surface area contributed by atoms with Crippen molar-refractivity contribution in [3.8, 4) is 11.1 Å². The van der Waals surface area contributed by atoms with E-state index in [1.165, 1.54) is 18.2 Å². The number of halogens is 2. The lowest BCUT2D eigenvalue weighted by Crippen LogP contribution is -2.46. The fourth-order valence-corrected chi connectivity index (χ4v) is 5.13. The van der Waals surface area contributed by atoms with Gasteiger partial charge < -0.3 is 16.5 Å². The lowest BCUT2D eigenvalue weighted by molar-refractivity contribution is 0.0816. The van der Waals surface area contributed by atoms with Crippen molar-refractivity contribution in [3.05, 3.63) is 53.2 Å². The van der Waals surface area contributed by atoms with Crippen molar-refractivity contribution in [2.75, 3.05) is 31.6 Å². The number of fused-ring (bicyclic) bond motifs is 3. The van der Waals surface area contributed by atoms with Crippen LogP contribution < -0.4 is 16.5 Å². The molecule has 178 valence electrons. The highest BCUT2D eigenvalue weighted by atomic mass is 19.1. The molecular weight excluding hydrogens is 440 g/mol. The van der Waals surface area contributed by atoms with E-state index in [2.05, 4.69) is 10.7 Å². The van der Waals surface area contributed by atoms with Crippen LogP contribution in [0, 0.1) is 17.0 Å². The number of nitrogens with one attached hydrogen (secondary N) is 2. The number of rotatable bonds is 4. The van der Waals surface area contributed by atoms with Gasteiger partial charge in [0.05, 0.1) is 16.8 Å². The van der Waals surface area contributed by atoms with Crippen molar-refractivity contribution in [1.82, 2.24) is 14.9 Å². The molecule has 5 rings (SSSR count). The summed E-state index contributed by atoms with van der Waals surface area (Å²) in [4.78, 5) is 25.2. The first-order valence-electron chi connectivity index (χ1n) is 11.4. The van der Waals surface area contributed by atoms with Crippen LogP contribution >= 0.6 is 0 Å². The third kappa shape index (κ3) is 3.84. The van der Waals surface area contributed by atoms with Gasteiger partial charge in [-0.15, -0.1) is 0 Å². The maximum absolute atomic E-state index is 15.3. The number of anilines is 1. The number of carbonyl (C=O) groups is 2. The van der Waals surface area contributed by atoms with Crippen LogP contribution in [0.5, 0.6) is 0 Å². The fourth-order valence-electron chi connectivity index (χ4n) is 5.13. The third-order valence-electron chi connectivity index (χ3n) is 6.57. The van der Waals surface area contributed by atoms with Gasteiger partial charge in [0.2, 0.25) is 5.91 Å². The number of piperazine rings is 1. The van der Waals surface area contributed by atoms with Gasteiger partial charge in [-0.3, -0.25) is 14.2 Å². The Labute approximate surface area is 195 Å². The second-order valence-corrected chi connectivity index (χ2v) is 9.82. The summed E-state index contributed by atoms with van der Waals surface area (Å²) in [6, 6.07) is 7.26. The zero-order valence-corrected chi connectivity index (χ0v) is 19.2. The van der Waals surface area contributed by atoms with Gasteiger partial charge in [-0.1, -0.05) is 13.8 Å². The molecule has 0 radical (unpaired) electrons. The Morgan fingerprint density at radius 1 is 1.12 bits per heavy atom. The minimum atomic E-state index is -0.871. The zero-order chi connectivity index (χ0) is 24.2. The molecule has 0 spiro atoms. The number of carbonyl (C=O) groups excluding carboxylic acids is 2. The average Bonchev–Trinajstić information content (AvgIpc) is 3.05. The highest BCUT2D eigenvalue weighted by molar-refractivity contribution is 6.06. The summed E-state index contributed by atoms with van der Waals surface area (Å²) in [5.41, 5.74) is 10.7. The Morgan fingerprint density at radius 2 is 1.85 bits per heavy atom. The van der Waals surface area contributed by atoms with Gasteiger partial charge in [0.15, 0.2) is 0 Å². The molecule has 4 N–H and O–H groups in total. The van der Waals surface area contributed by atoms with Crippen molar-refractivity contribution in [3.63, 3.8) is 0 Å². The lowest BCUT2D eigenvalue weighted by atomic mass is 9.80. The van der Waals surface area contributed by atoms with Gasteiger partial charge in [-0.05, 0) is 47.7 Å². The van der Waals surface area contributed by atoms with Gasteiger partial charge in [0, 0.05) is 49.2 Å². The van der Waals surface area contributed by atoms with E-state index in [1.807, 2.05) is 18.9 Å². The number of aromatic nitrogens is 1. The topological polar surface area (TPSA) is 92.4 Å². The van der Waals surface area contributed by atoms with E-state index in [0.29, 0.717) is 53.7 Å². The molecule has 3 heterocycles. The van der Waals surface area contributed by atoms with Crippen LogP contribution in [0.4, 0.5) is 14.5 Å². The highest BCUT2D eigenvalue weighted by Crippen LogP contribution is 2.44. The maximum Gasteiger partial charge on any atom is 0.253 e. The molecule has 2 aliphatic rings. The number of hydrazine groups is 1. The van der Waals surface area contributed by atoms with E-state index in [9.17, 15) is 14.0 Å². The molecule has 0 saturated carbocycles. The van der Waals surface area contributed by atoms with Crippen LogP contribution in [0.3, 0.4) is 0 Å². The molecular formula is C25H27F2N5O2. The monoisotopic (exact) mass is 467 g/mol. The lowest BCUT2D eigenvalue weighted by Gasteiger charge is -2.31. The zero-order valence-electron chi connectivity index (χ0n) is 19.2. The number of benzene rings is 2. The van der Waals surface area contributed by atoms with Gasteiger partial charge in [0.25, 0.3) is 5.91 Å². The van der Waals surface area contributed by atoms with Crippen LogP contribution in [0.15, 0.2) is 30.3 Å². The summed E-state index contributed by atoms with van der Waals surface area (Å²) in [5, 5.41) is 5.80. The number of hydrogen-bond donors (Lipinski definition) is 3. The molecule has 7 nitrogen and oxygen atoms in total. The van der Waals surface area contributed by atoms with E-state index in [4.69, 9.17) is 5.73 Å². The van der Waals surface area contributed by atoms with Crippen LogP contribution in [0.1, 0.15) is 41.1 Å². The van der Waals surface area contributed by atoms with Gasteiger partial charge in [-0.25, -0.2) is 13.8 Å². The molecule has 1 saturated heterocycles. The van der Waals surface area contributed by atoms with E-state index < -0.39 is 17.5 Å². The normalized spacial score (nSPS) is 18.2. The molecule has 1 amide bonds. The molecule has 3 aromatic rings. The first-order valence-corrected chi connectivity index (χ1v) is 11.4. The van der Waals surface area contributed by atoms with Crippen LogP contribution in [0.2, 0.25) is 0 Å². The Hall–Kier alpha value is -3.30. The van der Waals surface area contributed by atoms with E-state index in [-0.39, 0.29) is 22.6 Å². The number of hydrogen-bond acceptors (Lipinski definition) is 5. The summed E-state index contributed by atoms with van der Waals surface area (Å²) < 4.78 is 31.1. The van der Waals surface area contributed by atoms with Crippen molar-refractivity contribution < 1.29 is 18.4 Å². The molecule has 1 fully saturated rings. The third-order valence-corrected chi connectivity index (χ3v) is 6.57. The molecule has 0 bridgehead atoms. The average molecular weight is 468 g/mol. The second-order valence-electron chi connectivity index (χ2n) is 9.82.